The van der Waals surface area contributed by atoms with Gasteiger partial charge in [0.05, 0.1) is 27.9 Å². The van der Waals surface area contributed by atoms with Gasteiger partial charge in [-0.25, -0.2) is 14.1 Å². The van der Waals surface area contributed by atoms with Gasteiger partial charge in [0.1, 0.15) is 17.9 Å². The largest absolute Gasteiger partial charge is 0.375 e. The van der Waals surface area contributed by atoms with Crippen LogP contribution in [0.1, 0.15) is 58.3 Å². The number of aromatic nitrogens is 1. The summed E-state index contributed by atoms with van der Waals surface area (Å²) in [5, 5.41) is 16.0. The number of fused-ring (bicyclic) bond motifs is 1. The van der Waals surface area contributed by atoms with Crippen molar-refractivity contribution in [1.82, 2.24) is 20.5 Å². The molecule has 7 rings (SSSR count). The maximum atomic E-state index is 14.2. The average Bonchev–Trinajstić information content (AvgIpc) is 3.73. The molecule has 0 aliphatic carbocycles. The molecular weight excluding hydrogens is 663 g/mol. The van der Waals surface area contributed by atoms with Crippen LogP contribution in [0.3, 0.4) is 0 Å². The highest BCUT2D eigenvalue weighted by Crippen LogP contribution is 2.38. The number of hydrogen-bond donors (Lipinski definition) is 3. The van der Waals surface area contributed by atoms with Crippen LogP contribution in [0.2, 0.25) is 5.02 Å². The number of hydrogen-bond acceptors (Lipinski definition) is 6. The van der Waals surface area contributed by atoms with Crippen LogP contribution < -0.4 is 15.5 Å². The number of halogens is 2. The summed E-state index contributed by atoms with van der Waals surface area (Å²) < 4.78 is 20.3. The van der Waals surface area contributed by atoms with Crippen LogP contribution in [0.5, 0.6) is 0 Å². The Morgan fingerprint density at radius 3 is 2.72 bits per heavy atom. The molecule has 0 bridgehead atoms. The van der Waals surface area contributed by atoms with Gasteiger partial charge in [0.2, 0.25) is 5.91 Å². The summed E-state index contributed by atoms with van der Waals surface area (Å²) in [5.74, 6) is -1.22. The molecule has 3 aliphatic heterocycles. The number of aromatic amines is 1. The van der Waals surface area contributed by atoms with Crippen LogP contribution in [0.4, 0.5) is 14.9 Å². The minimum Gasteiger partial charge on any atom is -0.375 e. The molecule has 3 aliphatic rings. The monoisotopic (exact) mass is 696 g/mol. The van der Waals surface area contributed by atoms with Crippen molar-refractivity contribution in [3.05, 3.63) is 87.2 Å². The predicted octanol–water partition coefficient (Wildman–Crippen LogP) is 5.51. The van der Waals surface area contributed by atoms with Crippen molar-refractivity contribution in [3.63, 3.8) is 0 Å². The summed E-state index contributed by atoms with van der Waals surface area (Å²) in [4.78, 5) is 57.6. The lowest BCUT2D eigenvalue weighted by molar-refractivity contribution is -0.122. The number of rotatable bonds is 10. The number of nitrogens with one attached hydrogen (secondary N) is 3. The number of unbranched alkanes of at least 4 members (excludes halogenated alkanes) is 1. The van der Waals surface area contributed by atoms with Crippen molar-refractivity contribution in [3.8, 4) is 17.3 Å². The molecule has 50 heavy (non-hydrogen) atoms. The highest BCUT2D eigenvalue weighted by atomic mass is 35.5. The maximum Gasteiger partial charge on any atom is 0.332 e. The van der Waals surface area contributed by atoms with E-state index < -0.39 is 24.0 Å². The van der Waals surface area contributed by atoms with Crippen LogP contribution >= 0.6 is 11.6 Å². The van der Waals surface area contributed by atoms with Crippen molar-refractivity contribution >= 4 is 51.9 Å². The number of carbonyl (C=O) groups is 4. The molecule has 2 fully saturated rings. The fourth-order valence-corrected chi connectivity index (χ4v) is 7.37. The number of benzene rings is 3. The molecule has 0 saturated carbocycles. The van der Waals surface area contributed by atoms with Crippen LogP contribution in [-0.2, 0) is 27.3 Å². The van der Waals surface area contributed by atoms with E-state index in [-0.39, 0.29) is 28.3 Å². The number of amides is 5. The van der Waals surface area contributed by atoms with E-state index in [4.69, 9.17) is 16.3 Å². The van der Waals surface area contributed by atoms with E-state index >= 15 is 0 Å². The molecule has 13 heteroatoms. The van der Waals surface area contributed by atoms with Gasteiger partial charge in [0.15, 0.2) is 0 Å². The first kappa shape index (κ1) is 33.3. The second kappa shape index (κ2) is 13.6. The number of nitriles is 1. The van der Waals surface area contributed by atoms with Gasteiger partial charge in [0, 0.05) is 49.3 Å². The summed E-state index contributed by atoms with van der Waals surface area (Å²) in [6.07, 6.45) is 2.24. The molecular formula is C37H34ClFN6O5. The fraction of sp³-hybridized carbons (Fsp3) is 0.324. The van der Waals surface area contributed by atoms with Gasteiger partial charge < -0.3 is 25.3 Å². The van der Waals surface area contributed by atoms with E-state index in [9.17, 15) is 28.8 Å². The SMILES string of the molecule is Cc1c(N2C(=O)[C@@H]3[C@H](OCCCCC(=O)NCc4ccc(-c5[nH]c6cc(F)cc7c6c5CCNC7=O)cc4)CCN3C2=O)ccc(C#N)c1Cl. The lowest BCUT2D eigenvalue weighted by Crippen LogP contribution is -2.38. The third-order valence-corrected chi connectivity index (χ3v) is 10.2. The number of urea groups is 1. The molecule has 5 amide bonds. The molecule has 0 spiro atoms. The van der Waals surface area contributed by atoms with E-state index in [0.29, 0.717) is 80.7 Å². The molecule has 1 aromatic heterocycles. The molecule has 11 nitrogen and oxygen atoms in total. The van der Waals surface area contributed by atoms with E-state index in [2.05, 4.69) is 15.6 Å². The summed E-state index contributed by atoms with van der Waals surface area (Å²) >= 11 is 6.30. The Kier molecular flexibility index (Phi) is 9.03. The second-order valence-corrected chi connectivity index (χ2v) is 13.1. The summed E-state index contributed by atoms with van der Waals surface area (Å²) in [6.45, 7) is 3.24. The van der Waals surface area contributed by atoms with Gasteiger partial charge in [-0.05, 0) is 79.1 Å². The molecule has 2 saturated heterocycles. The molecule has 3 N–H and O–H groups in total. The van der Waals surface area contributed by atoms with Gasteiger partial charge in [-0.15, -0.1) is 0 Å². The van der Waals surface area contributed by atoms with Crippen molar-refractivity contribution in [2.24, 2.45) is 0 Å². The van der Waals surface area contributed by atoms with Crippen molar-refractivity contribution < 1.29 is 28.3 Å². The Balaban J connectivity index is 0.880. The van der Waals surface area contributed by atoms with E-state index in [1.807, 2.05) is 30.3 Å². The van der Waals surface area contributed by atoms with Gasteiger partial charge in [-0.1, -0.05) is 35.9 Å². The van der Waals surface area contributed by atoms with E-state index in [0.717, 1.165) is 32.7 Å². The number of anilines is 1. The molecule has 0 radical (unpaired) electrons. The molecule has 4 heterocycles. The van der Waals surface area contributed by atoms with Crippen LogP contribution in [-0.4, -0.2) is 65.5 Å². The Morgan fingerprint density at radius 2 is 1.94 bits per heavy atom. The number of ether oxygens (including phenoxy) is 1. The van der Waals surface area contributed by atoms with E-state index in [1.165, 1.54) is 23.1 Å². The number of imide groups is 1. The third kappa shape index (κ3) is 5.97. The smallest absolute Gasteiger partial charge is 0.332 e. The number of H-pyrrole nitrogens is 1. The number of nitrogens with zero attached hydrogens (tertiary/aromatic N) is 3. The van der Waals surface area contributed by atoms with Crippen LogP contribution in [0, 0.1) is 24.1 Å². The summed E-state index contributed by atoms with van der Waals surface area (Å²) in [5.41, 5.74) is 5.69. The minimum atomic E-state index is -0.725. The standard InChI is InChI=1S/C37H34ClFN6O5/c1-20-28(10-9-23(18-40)32(20)38)45-36(48)34-29(12-14-44(34)37(45)49)50-15-3-2-4-30(46)42-19-21-5-7-22(8-6-21)33-25-11-13-41-35(47)26-16-24(39)17-27(43-33)31(25)26/h5-10,16-17,29,34,43H,2-4,11-15,19H2,1H3,(H,41,47)(H,42,46)/t29-,34+/m1/s1. The summed E-state index contributed by atoms with van der Waals surface area (Å²) in [7, 11) is 0. The predicted molar refractivity (Wildman–Crippen MR) is 184 cm³/mol. The highest BCUT2D eigenvalue weighted by Gasteiger charge is 2.53. The molecule has 3 aromatic carbocycles. The van der Waals surface area contributed by atoms with Crippen molar-refractivity contribution in [2.75, 3.05) is 24.6 Å². The van der Waals surface area contributed by atoms with Crippen molar-refractivity contribution in [1.29, 1.82) is 5.26 Å². The zero-order valence-corrected chi connectivity index (χ0v) is 28.0. The Morgan fingerprint density at radius 1 is 1.14 bits per heavy atom. The molecule has 2 atom stereocenters. The zero-order chi connectivity index (χ0) is 35.1. The van der Waals surface area contributed by atoms with Gasteiger partial charge in [-0.3, -0.25) is 14.4 Å². The molecule has 256 valence electrons. The number of carbonyl (C=O) groups excluding carboxylic acids is 4. The lowest BCUT2D eigenvalue weighted by atomic mass is 9.99. The van der Waals surface area contributed by atoms with Gasteiger partial charge in [0.25, 0.3) is 11.8 Å². The van der Waals surface area contributed by atoms with E-state index in [1.54, 1.807) is 13.0 Å². The van der Waals surface area contributed by atoms with Crippen LogP contribution in [0.25, 0.3) is 22.2 Å². The molecule has 0 unspecified atom stereocenters. The highest BCUT2D eigenvalue weighted by molar-refractivity contribution is 6.33. The maximum absolute atomic E-state index is 14.2. The van der Waals surface area contributed by atoms with Crippen LogP contribution in [0.15, 0.2) is 48.5 Å². The second-order valence-electron chi connectivity index (χ2n) is 12.8. The Bertz CT molecular complexity index is 2090. The van der Waals surface area contributed by atoms with Crippen molar-refractivity contribution in [2.45, 2.75) is 57.7 Å². The fourth-order valence-electron chi connectivity index (χ4n) is 7.16. The Hall–Kier alpha value is -5.25. The first-order valence-electron chi connectivity index (χ1n) is 16.6. The zero-order valence-electron chi connectivity index (χ0n) is 27.3. The van der Waals surface area contributed by atoms with Gasteiger partial charge >= 0.3 is 6.03 Å². The average molecular weight is 697 g/mol. The topological polar surface area (TPSA) is 148 Å². The first-order chi connectivity index (χ1) is 24.2. The van der Waals surface area contributed by atoms with Gasteiger partial charge in [-0.2, -0.15) is 5.26 Å². The molecule has 4 aromatic rings. The Labute approximate surface area is 292 Å². The third-order valence-electron chi connectivity index (χ3n) is 9.71. The summed E-state index contributed by atoms with van der Waals surface area (Å²) in [6, 6.07) is 14.4. The lowest BCUT2D eigenvalue weighted by Gasteiger charge is -2.20. The first-order valence-corrected chi connectivity index (χ1v) is 17.0. The normalized spacial score (nSPS) is 18.3. The quantitative estimate of drug-likeness (QED) is 0.147. The minimum absolute atomic E-state index is 0.0900.